The molecule has 0 radical (unpaired) electrons. The first-order valence-corrected chi connectivity index (χ1v) is 9.42. The van der Waals surface area contributed by atoms with Gasteiger partial charge in [0.15, 0.2) is 0 Å². The second-order valence-electron chi connectivity index (χ2n) is 6.55. The molecule has 1 aromatic heterocycles. The minimum absolute atomic E-state index is 0.0668. The lowest BCUT2D eigenvalue weighted by Gasteiger charge is -2.17. The monoisotopic (exact) mass is 398 g/mol. The fraction of sp³-hybridized carbons (Fsp3) is 0.333. The fourth-order valence-corrected chi connectivity index (χ4v) is 3.05. The summed E-state index contributed by atoms with van der Waals surface area (Å²) in [5.74, 6) is -0.364. The molecule has 29 heavy (non-hydrogen) atoms. The van der Waals surface area contributed by atoms with E-state index in [1.807, 2.05) is 37.3 Å². The number of carbonyl (C=O) groups is 1. The lowest BCUT2D eigenvalue weighted by Crippen LogP contribution is -2.55. The number of hydrogen-bond donors (Lipinski definition) is 1. The second kappa shape index (κ2) is 10.2. The number of nitrogens with one attached hydrogen (secondary N) is 1. The average Bonchev–Trinajstić information content (AvgIpc) is 2.73. The third-order valence-corrected chi connectivity index (χ3v) is 4.62. The van der Waals surface area contributed by atoms with Crippen molar-refractivity contribution in [3.63, 3.8) is 0 Å². The maximum Gasteiger partial charge on any atom is 0.337 e. The topological polar surface area (TPSA) is 95.1 Å². The summed E-state index contributed by atoms with van der Waals surface area (Å²) >= 11 is 0. The van der Waals surface area contributed by atoms with Gasteiger partial charge in [0.1, 0.15) is 6.54 Å². The smallest absolute Gasteiger partial charge is 0.337 e. The molecule has 0 aliphatic rings. The van der Waals surface area contributed by atoms with Crippen molar-refractivity contribution >= 4 is 5.91 Å². The Morgan fingerprint density at radius 1 is 0.966 bits per heavy atom. The molecule has 1 amide bonds. The lowest BCUT2D eigenvalue weighted by molar-refractivity contribution is -0.121. The standard InChI is InChI=1S/C21H26N4O4/c1-4-12-23-19(27)24(13-5-2)21(29)25(20(23)28)15-18(26)22-14-16(6-3)17-10-8-7-9-11-17/h4-5,7-11,16H,1-2,6,12-15H2,3H3,(H,22,26). The van der Waals surface area contributed by atoms with Gasteiger partial charge in [-0.3, -0.25) is 4.79 Å². The highest BCUT2D eigenvalue weighted by atomic mass is 16.2. The third-order valence-electron chi connectivity index (χ3n) is 4.62. The van der Waals surface area contributed by atoms with E-state index in [4.69, 9.17) is 0 Å². The fourth-order valence-electron chi connectivity index (χ4n) is 3.05. The quantitative estimate of drug-likeness (QED) is 0.601. The van der Waals surface area contributed by atoms with Crippen molar-refractivity contribution in [2.24, 2.45) is 0 Å². The van der Waals surface area contributed by atoms with E-state index < -0.39 is 29.5 Å². The number of allylic oxidation sites excluding steroid dienone is 2. The number of amides is 1. The molecule has 1 heterocycles. The van der Waals surface area contributed by atoms with Gasteiger partial charge in [0.25, 0.3) is 0 Å². The minimum atomic E-state index is -0.842. The van der Waals surface area contributed by atoms with Gasteiger partial charge in [0, 0.05) is 12.5 Å². The molecule has 0 saturated carbocycles. The van der Waals surface area contributed by atoms with Gasteiger partial charge < -0.3 is 5.32 Å². The van der Waals surface area contributed by atoms with Crippen LogP contribution in [0.5, 0.6) is 0 Å². The first kappa shape index (κ1) is 21.9. The Labute approximate surface area is 168 Å². The number of nitrogens with zero attached hydrogens (tertiary/aromatic N) is 3. The van der Waals surface area contributed by atoms with E-state index in [2.05, 4.69) is 18.5 Å². The Kier molecular flexibility index (Phi) is 7.70. The summed E-state index contributed by atoms with van der Waals surface area (Å²) in [6.07, 6.45) is 3.57. The van der Waals surface area contributed by atoms with Crippen LogP contribution in [0.1, 0.15) is 24.8 Å². The van der Waals surface area contributed by atoms with Crippen LogP contribution in [0.2, 0.25) is 0 Å². The summed E-state index contributed by atoms with van der Waals surface area (Å²) in [5.41, 5.74) is -1.34. The van der Waals surface area contributed by atoms with E-state index in [-0.39, 0.29) is 19.0 Å². The van der Waals surface area contributed by atoms with Gasteiger partial charge in [-0.2, -0.15) is 0 Å². The van der Waals surface area contributed by atoms with E-state index in [9.17, 15) is 19.2 Å². The predicted molar refractivity (Wildman–Crippen MR) is 112 cm³/mol. The van der Waals surface area contributed by atoms with Crippen LogP contribution in [-0.2, 0) is 24.4 Å². The Balaban J connectivity index is 2.26. The molecule has 154 valence electrons. The Bertz CT molecular complexity index is 999. The molecule has 0 bridgehead atoms. The van der Waals surface area contributed by atoms with Crippen LogP contribution in [0.15, 0.2) is 70.0 Å². The van der Waals surface area contributed by atoms with Crippen molar-refractivity contribution in [3.05, 3.63) is 92.7 Å². The van der Waals surface area contributed by atoms with Gasteiger partial charge in [0.05, 0.1) is 13.1 Å². The van der Waals surface area contributed by atoms with Crippen LogP contribution in [0.25, 0.3) is 0 Å². The largest absolute Gasteiger partial charge is 0.354 e. The molecule has 8 nitrogen and oxygen atoms in total. The van der Waals surface area contributed by atoms with Crippen molar-refractivity contribution in [2.75, 3.05) is 6.54 Å². The van der Waals surface area contributed by atoms with E-state index in [1.54, 1.807) is 0 Å². The highest BCUT2D eigenvalue weighted by molar-refractivity contribution is 5.75. The van der Waals surface area contributed by atoms with E-state index in [0.717, 1.165) is 25.7 Å². The zero-order valence-electron chi connectivity index (χ0n) is 16.5. The molecule has 1 atom stereocenters. The van der Waals surface area contributed by atoms with Crippen molar-refractivity contribution < 1.29 is 4.79 Å². The highest BCUT2D eigenvalue weighted by Crippen LogP contribution is 2.17. The first-order chi connectivity index (χ1) is 13.9. The molecule has 2 aromatic rings. The Hall–Kier alpha value is -3.42. The molecule has 1 aromatic carbocycles. The third kappa shape index (κ3) is 5.10. The zero-order valence-corrected chi connectivity index (χ0v) is 16.5. The summed E-state index contributed by atoms with van der Waals surface area (Å²) in [4.78, 5) is 49.9. The van der Waals surface area contributed by atoms with Gasteiger partial charge >= 0.3 is 17.1 Å². The van der Waals surface area contributed by atoms with Gasteiger partial charge in [-0.05, 0) is 12.0 Å². The van der Waals surface area contributed by atoms with Crippen LogP contribution < -0.4 is 22.4 Å². The van der Waals surface area contributed by atoms with Gasteiger partial charge in [-0.15, -0.1) is 13.2 Å². The summed E-state index contributed by atoms with van der Waals surface area (Å²) < 4.78 is 2.49. The van der Waals surface area contributed by atoms with Crippen LogP contribution in [0.3, 0.4) is 0 Å². The summed E-state index contributed by atoms with van der Waals surface area (Å²) in [5, 5.41) is 2.78. The Morgan fingerprint density at radius 3 is 1.97 bits per heavy atom. The normalized spacial score (nSPS) is 11.6. The van der Waals surface area contributed by atoms with Crippen molar-refractivity contribution in [2.45, 2.75) is 38.9 Å². The van der Waals surface area contributed by atoms with Crippen molar-refractivity contribution in [1.82, 2.24) is 19.0 Å². The van der Waals surface area contributed by atoms with Crippen LogP contribution >= 0.6 is 0 Å². The van der Waals surface area contributed by atoms with Gasteiger partial charge in [-0.1, -0.05) is 49.4 Å². The molecular weight excluding hydrogens is 372 g/mol. The summed E-state index contributed by atoms with van der Waals surface area (Å²) in [6, 6.07) is 9.77. The predicted octanol–water partition coefficient (Wildman–Crippen LogP) is 0.854. The number of rotatable bonds is 10. The van der Waals surface area contributed by atoms with Gasteiger partial charge in [-0.25, -0.2) is 28.1 Å². The number of aromatic nitrogens is 3. The molecule has 8 heteroatoms. The van der Waals surface area contributed by atoms with Crippen LogP contribution in [0, 0.1) is 0 Å². The maximum atomic E-state index is 12.6. The highest BCUT2D eigenvalue weighted by Gasteiger charge is 2.17. The van der Waals surface area contributed by atoms with E-state index in [1.165, 1.54) is 12.2 Å². The zero-order chi connectivity index (χ0) is 21.4. The van der Waals surface area contributed by atoms with Crippen LogP contribution in [-0.4, -0.2) is 26.2 Å². The SMILES string of the molecule is C=CCn1c(=O)n(CC=C)c(=O)n(CC(=O)NCC(CC)c2ccccc2)c1=O. The van der Waals surface area contributed by atoms with E-state index in [0.29, 0.717) is 6.54 Å². The van der Waals surface area contributed by atoms with Gasteiger partial charge in [0.2, 0.25) is 5.91 Å². The summed E-state index contributed by atoms with van der Waals surface area (Å²) in [6.45, 7) is 8.83. The maximum absolute atomic E-state index is 12.6. The first-order valence-electron chi connectivity index (χ1n) is 9.42. The molecule has 0 saturated heterocycles. The molecule has 2 rings (SSSR count). The molecule has 0 spiro atoms. The molecular formula is C21H26N4O4. The summed E-state index contributed by atoms with van der Waals surface area (Å²) in [7, 11) is 0. The van der Waals surface area contributed by atoms with E-state index >= 15 is 0 Å². The molecule has 1 unspecified atom stereocenters. The van der Waals surface area contributed by atoms with Crippen LogP contribution in [0.4, 0.5) is 0 Å². The average molecular weight is 398 g/mol. The minimum Gasteiger partial charge on any atom is -0.354 e. The molecule has 1 N–H and O–H groups in total. The lowest BCUT2D eigenvalue weighted by atomic mass is 9.96. The number of hydrogen-bond acceptors (Lipinski definition) is 4. The second-order valence-corrected chi connectivity index (χ2v) is 6.55. The van der Waals surface area contributed by atoms with Crippen molar-refractivity contribution in [1.29, 1.82) is 0 Å². The molecule has 0 aliphatic carbocycles. The number of carbonyl (C=O) groups excluding carboxylic acids is 1. The number of benzene rings is 1. The van der Waals surface area contributed by atoms with Crippen molar-refractivity contribution in [3.8, 4) is 0 Å². The molecule has 0 fully saturated rings. The molecule has 0 aliphatic heterocycles. The Morgan fingerprint density at radius 2 is 1.48 bits per heavy atom.